The zero-order valence-corrected chi connectivity index (χ0v) is 6.17. The van der Waals surface area contributed by atoms with E-state index >= 15 is 0 Å². The quantitative estimate of drug-likeness (QED) is 0.429. The first kappa shape index (κ1) is 9.19. The van der Waals surface area contributed by atoms with E-state index in [0.717, 1.165) is 0 Å². The Kier molecular flexibility index (Phi) is 3.11. The SMILES string of the molecule is CC(C)(C)OC(=O)NOO. The largest absolute Gasteiger partial charge is 0.442 e. The highest BCUT2D eigenvalue weighted by atomic mass is 17.2. The lowest BCUT2D eigenvalue weighted by Gasteiger charge is -2.18. The molecule has 0 saturated carbocycles. The molecule has 10 heavy (non-hydrogen) atoms. The fourth-order valence-electron chi connectivity index (χ4n) is 0.336. The van der Waals surface area contributed by atoms with Gasteiger partial charge in [0.25, 0.3) is 0 Å². The molecule has 0 rings (SSSR count). The summed E-state index contributed by atoms with van der Waals surface area (Å²) in [6, 6.07) is 0. The molecule has 0 aliphatic carbocycles. The van der Waals surface area contributed by atoms with Gasteiger partial charge in [0.15, 0.2) is 0 Å². The number of carbonyl (C=O) groups is 1. The van der Waals surface area contributed by atoms with Crippen molar-refractivity contribution in [3.63, 3.8) is 0 Å². The van der Waals surface area contributed by atoms with E-state index in [0.29, 0.717) is 0 Å². The van der Waals surface area contributed by atoms with Gasteiger partial charge in [-0.15, -0.1) is 4.99 Å². The van der Waals surface area contributed by atoms with Crippen molar-refractivity contribution in [2.24, 2.45) is 0 Å². The molecule has 0 radical (unpaired) electrons. The van der Waals surface area contributed by atoms with Gasteiger partial charge >= 0.3 is 6.09 Å². The van der Waals surface area contributed by atoms with Crippen LogP contribution in [0.1, 0.15) is 20.8 Å². The summed E-state index contributed by atoms with van der Waals surface area (Å²) in [5.74, 6) is 0. The molecule has 1 amide bonds. The van der Waals surface area contributed by atoms with Crippen molar-refractivity contribution in [1.29, 1.82) is 0 Å². The first-order chi connectivity index (χ1) is 4.45. The number of hydrogen-bond acceptors (Lipinski definition) is 4. The highest BCUT2D eigenvalue weighted by molar-refractivity contribution is 5.66. The zero-order chi connectivity index (χ0) is 8.20. The van der Waals surface area contributed by atoms with Crippen molar-refractivity contribution in [3.05, 3.63) is 0 Å². The van der Waals surface area contributed by atoms with E-state index in [2.05, 4.69) is 9.73 Å². The summed E-state index contributed by atoms with van der Waals surface area (Å²) >= 11 is 0. The van der Waals surface area contributed by atoms with Crippen LogP contribution in [0.3, 0.4) is 0 Å². The molecule has 0 heterocycles. The first-order valence-electron chi connectivity index (χ1n) is 2.75. The molecule has 5 nitrogen and oxygen atoms in total. The third-order valence-electron chi connectivity index (χ3n) is 0.528. The van der Waals surface area contributed by atoms with Crippen LogP contribution in [-0.2, 0) is 9.73 Å². The van der Waals surface area contributed by atoms with Crippen LogP contribution in [0.5, 0.6) is 0 Å². The molecule has 0 fully saturated rings. The van der Waals surface area contributed by atoms with Crippen LogP contribution >= 0.6 is 0 Å². The average Bonchev–Trinajstić information content (AvgIpc) is 1.59. The van der Waals surface area contributed by atoms with E-state index in [9.17, 15) is 4.79 Å². The van der Waals surface area contributed by atoms with Gasteiger partial charge in [0.1, 0.15) is 5.60 Å². The van der Waals surface area contributed by atoms with Gasteiger partial charge in [0.2, 0.25) is 0 Å². The van der Waals surface area contributed by atoms with Gasteiger partial charge in [0, 0.05) is 0 Å². The number of amides is 1. The Balaban J connectivity index is 3.58. The Morgan fingerprint density at radius 1 is 1.50 bits per heavy atom. The number of rotatable bonds is 1. The fourth-order valence-corrected chi connectivity index (χ4v) is 0.336. The number of hydrogen-bond donors (Lipinski definition) is 2. The second-order valence-electron chi connectivity index (χ2n) is 2.70. The molecule has 0 bridgehead atoms. The van der Waals surface area contributed by atoms with Crippen LogP contribution in [0.4, 0.5) is 4.79 Å². The van der Waals surface area contributed by atoms with Gasteiger partial charge < -0.3 is 4.74 Å². The Morgan fingerprint density at radius 2 is 2.00 bits per heavy atom. The lowest BCUT2D eigenvalue weighted by Crippen LogP contribution is -2.31. The molecule has 5 heteroatoms. The minimum atomic E-state index is -0.824. The summed E-state index contributed by atoms with van der Waals surface area (Å²) in [6.07, 6.45) is -0.824. The second kappa shape index (κ2) is 3.38. The van der Waals surface area contributed by atoms with Gasteiger partial charge in [-0.05, 0) is 20.8 Å². The summed E-state index contributed by atoms with van der Waals surface area (Å²) in [5.41, 5.74) is 1.02. The molecule has 0 unspecified atom stereocenters. The Bertz CT molecular complexity index is 117. The van der Waals surface area contributed by atoms with Crippen molar-refractivity contribution < 1.29 is 19.8 Å². The third kappa shape index (κ3) is 5.33. The van der Waals surface area contributed by atoms with Gasteiger partial charge in [-0.1, -0.05) is 0 Å². The average molecular weight is 149 g/mol. The summed E-state index contributed by atoms with van der Waals surface area (Å²) in [5, 5.41) is 7.72. The minimum Gasteiger partial charge on any atom is -0.442 e. The van der Waals surface area contributed by atoms with Gasteiger partial charge in [0.05, 0.1) is 0 Å². The smallest absolute Gasteiger partial charge is 0.434 e. The second-order valence-corrected chi connectivity index (χ2v) is 2.70. The lowest BCUT2D eigenvalue weighted by atomic mass is 10.2. The Labute approximate surface area is 58.8 Å². The maximum atomic E-state index is 10.4. The number of ether oxygens (including phenoxy) is 1. The van der Waals surface area contributed by atoms with Crippen LogP contribution in [0.25, 0.3) is 0 Å². The molecule has 0 aromatic rings. The van der Waals surface area contributed by atoms with E-state index in [4.69, 9.17) is 5.26 Å². The Hall–Kier alpha value is -0.810. The fraction of sp³-hybridized carbons (Fsp3) is 0.800. The summed E-state index contributed by atoms with van der Waals surface area (Å²) in [4.78, 5) is 13.8. The van der Waals surface area contributed by atoms with E-state index in [1.165, 1.54) is 0 Å². The minimum absolute atomic E-state index is 0.581. The van der Waals surface area contributed by atoms with Crippen molar-refractivity contribution >= 4 is 6.09 Å². The van der Waals surface area contributed by atoms with Crippen molar-refractivity contribution in [3.8, 4) is 0 Å². The van der Waals surface area contributed by atoms with Gasteiger partial charge in [-0.25, -0.2) is 10.1 Å². The molecule has 0 spiro atoms. The van der Waals surface area contributed by atoms with Crippen molar-refractivity contribution in [2.75, 3.05) is 0 Å². The van der Waals surface area contributed by atoms with E-state index in [1.807, 2.05) is 0 Å². The molecule has 0 atom stereocenters. The summed E-state index contributed by atoms with van der Waals surface area (Å²) in [6.45, 7) is 5.10. The number of carbonyl (C=O) groups excluding carboxylic acids is 1. The maximum Gasteiger partial charge on any atom is 0.434 e. The van der Waals surface area contributed by atoms with Crippen LogP contribution < -0.4 is 5.48 Å². The molecule has 2 N–H and O–H groups in total. The molecule has 0 aromatic carbocycles. The van der Waals surface area contributed by atoms with Crippen LogP contribution in [0.2, 0.25) is 0 Å². The van der Waals surface area contributed by atoms with Crippen LogP contribution in [0.15, 0.2) is 0 Å². The standard InChI is InChI=1S/C5H11NO4/c1-5(2,3)9-4(7)6-10-8/h8H,1-3H3,(H,6,7). The highest BCUT2D eigenvalue weighted by Crippen LogP contribution is 2.05. The summed E-state index contributed by atoms with van der Waals surface area (Å²) in [7, 11) is 0. The first-order valence-corrected chi connectivity index (χ1v) is 2.75. The van der Waals surface area contributed by atoms with Crippen molar-refractivity contribution in [1.82, 2.24) is 5.48 Å². The van der Waals surface area contributed by atoms with Gasteiger partial charge in [-0.2, -0.15) is 5.48 Å². The van der Waals surface area contributed by atoms with E-state index in [-0.39, 0.29) is 0 Å². The number of nitrogens with one attached hydrogen (secondary N) is 1. The topological polar surface area (TPSA) is 67.8 Å². The normalized spacial score (nSPS) is 10.8. The van der Waals surface area contributed by atoms with Crippen LogP contribution in [-0.4, -0.2) is 17.0 Å². The molecule has 0 aliphatic rings. The van der Waals surface area contributed by atoms with E-state index < -0.39 is 11.7 Å². The summed E-state index contributed by atoms with van der Waals surface area (Å²) < 4.78 is 4.64. The molecule has 0 aromatic heterocycles. The molecular weight excluding hydrogens is 138 g/mol. The zero-order valence-electron chi connectivity index (χ0n) is 6.17. The monoisotopic (exact) mass is 149 g/mol. The third-order valence-corrected chi connectivity index (χ3v) is 0.528. The molecule has 0 saturated heterocycles. The van der Waals surface area contributed by atoms with Crippen LogP contribution in [0, 0.1) is 0 Å². The predicted molar refractivity (Wildman–Crippen MR) is 33.1 cm³/mol. The highest BCUT2D eigenvalue weighted by Gasteiger charge is 2.15. The molecule has 0 aliphatic heterocycles. The van der Waals surface area contributed by atoms with E-state index in [1.54, 1.807) is 26.3 Å². The molecule has 60 valence electrons. The predicted octanol–water partition coefficient (Wildman–Crippen LogP) is 0.916. The van der Waals surface area contributed by atoms with Crippen molar-refractivity contribution in [2.45, 2.75) is 26.4 Å². The molecular formula is C5H11NO4. The van der Waals surface area contributed by atoms with Gasteiger partial charge in [-0.3, -0.25) is 0 Å². The Morgan fingerprint density at radius 3 is 2.30 bits per heavy atom. The maximum absolute atomic E-state index is 10.4. The lowest BCUT2D eigenvalue weighted by molar-refractivity contribution is -0.282. The number of hydroxylamine groups is 1.